The average molecular weight is 490 g/mol. The quantitative estimate of drug-likeness (QED) is 0.361. The number of anilines is 1. The molecule has 3 saturated carbocycles. The molecule has 35 heavy (non-hydrogen) atoms. The molecule has 3 aromatic rings. The highest BCUT2D eigenvalue weighted by molar-refractivity contribution is 5.92. The Morgan fingerprint density at radius 1 is 1.06 bits per heavy atom. The summed E-state index contributed by atoms with van der Waals surface area (Å²) in [6.45, 7) is 1.86. The van der Waals surface area contributed by atoms with E-state index in [0.29, 0.717) is 29.0 Å². The fourth-order valence-electron chi connectivity index (χ4n) is 5.99. The minimum Gasteiger partial charge on any atom is -0.402 e. The van der Waals surface area contributed by atoms with Crippen LogP contribution in [-0.2, 0) is 0 Å². The summed E-state index contributed by atoms with van der Waals surface area (Å²) in [5, 5.41) is 4.18. The first kappa shape index (κ1) is 21.4. The molecule has 3 aliphatic carbocycles. The van der Waals surface area contributed by atoms with Crippen LogP contribution < -0.4 is 15.8 Å². The highest BCUT2D eigenvalue weighted by Crippen LogP contribution is 2.60. The number of ether oxygens (including phenoxy) is 1. The highest BCUT2D eigenvalue weighted by Gasteiger charge is 2.55. The molecule has 4 aliphatic rings. The summed E-state index contributed by atoms with van der Waals surface area (Å²) in [6, 6.07) is 1.97. The molecule has 0 spiro atoms. The Bertz CT molecular complexity index is 1360. The zero-order chi connectivity index (χ0) is 24.2. The number of nitrogens with one attached hydrogen (secondary N) is 1. The van der Waals surface area contributed by atoms with E-state index in [9.17, 15) is 17.6 Å². The van der Waals surface area contributed by atoms with E-state index in [0.717, 1.165) is 61.9 Å². The number of hydrogen-bond acceptors (Lipinski definition) is 4. The van der Waals surface area contributed by atoms with Crippen molar-refractivity contribution < 1.29 is 26.7 Å². The van der Waals surface area contributed by atoms with Crippen LogP contribution in [0, 0.1) is 23.5 Å². The third kappa shape index (κ3) is 3.40. The lowest BCUT2D eigenvalue weighted by atomic mass is 10.00. The van der Waals surface area contributed by atoms with Crippen LogP contribution in [0.4, 0.5) is 27.6 Å². The van der Waals surface area contributed by atoms with Crippen LogP contribution in [0.3, 0.4) is 0 Å². The van der Waals surface area contributed by atoms with Gasteiger partial charge in [-0.15, -0.1) is 13.2 Å². The van der Waals surface area contributed by atoms with Crippen molar-refractivity contribution in [2.24, 2.45) is 11.8 Å². The zero-order valence-corrected chi connectivity index (χ0v) is 18.6. The second-order valence-corrected chi connectivity index (χ2v) is 10.3. The molecular formula is C25H23F5N4O. The molecule has 1 unspecified atom stereocenters. The van der Waals surface area contributed by atoms with Gasteiger partial charge in [-0.05, 0) is 68.2 Å². The summed E-state index contributed by atoms with van der Waals surface area (Å²) in [5.41, 5.74) is 6.96. The van der Waals surface area contributed by atoms with E-state index < -0.39 is 29.3 Å². The maximum atomic E-state index is 16.3. The van der Waals surface area contributed by atoms with Gasteiger partial charge in [-0.1, -0.05) is 0 Å². The predicted octanol–water partition coefficient (Wildman–Crippen LogP) is 5.61. The van der Waals surface area contributed by atoms with Gasteiger partial charge < -0.3 is 20.4 Å². The zero-order valence-electron chi connectivity index (χ0n) is 18.6. The van der Waals surface area contributed by atoms with Gasteiger partial charge in [0.05, 0.1) is 16.8 Å². The number of rotatable bonds is 5. The summed E-state index contributed by atoms with van der Waals surface area (Å²) in [5.74, 6) is -1.74. The van der Waals surface area contributed by atoms with Gasteiger partial charge in [0.15, 0.2) is 17.4 Å². The van der Waals surface area contributed by atoms with Gasteiger partial charge >= 0.3 is 6.36 Å². The number of halogens is 5. The van der Waals surface area contributed by atoms with Crippen molar-refractivity contribution in [2.45, 2.75) is 49.9 Å². The molecular weight excluding hydrogens is 467 g/mol. The van der Waals surface area contributed by atoms with E-state index in [1.165, 1.54) is 0 Å². The Hall–Kier alpha value is -2.88. The number of aromatic nitrogens is 2. The molecule has 7 rings (SSSR count). The molecule has 3 N–H and O–H groups in total. The van der Waals surface area contributed by atoms with Crippen LogP contribution in [0.2, 0.25) is 0 Å². The topological polar surface area (TPSA) is 65.1 Å². The third-order valence-corrected chi connectivity index (χ3v) is 7.86. The van der Waals surface area contributed by atoms with E-state index in [4.69, 9.17) is 5.73 Å². The number of nitrogen functional groups attached to an aromatic ring is 1. The van der Waals surface area contributed by atoms with Gasteiger partial charge in [0.25, 0.3) is 0 Å². The molecule has 3 heterocycles. The van der Waals surface area contributed by atoms with Crippen LogP contribution in [0.1, 0.15) is 54.8 Å². The van der Waals surface area contributed by atoms with Gasteiger partial charge in [-0.25, -0.2) is 13.8 Å². The Kier molecular flexibility index (Phi) is 4.33. The Morgan fingerprint density at radius 2 is 1.77 bits per heavy atom. The van der Waals surface area contributed by atoms with Gasteiger partial charge in [-0.2, -0.15) is 0 Å². The van der Waals surface area contributed by atoms with E-state index in [1.54, 1.807) is 0 Å². The molecule has 2 aromatic heterocycles. The maximum absolute atomic E-state index is 16.3. The number of alkyl halides is 3. The van der Waals surface area contributed by atoms with Gasteiger partial charge in [-0.3, -0.25) is 0 Å². The second-order valence-electron chi connectivity index (χ2n) is 10.3. The first-order chi connectivity index (χ1) is 16.7. The van der Waals surface area contributed by atoms with Crippen LogP contribution in [0.15, 0.2) is 18.3 Å². The number of hydrogen-bond donors (Lipinski definition) is 2. The predicted molar refractivity (Wildman–Crippen MR) is 119 cm³/mol. The molecule has 1 aliphatic heterocycles. The average Bonchev–Trinajstić information content (AvgIpc) is 3.73. The number of benzene rings is 1. The second kappa shape index (κ2) is 7.09. The molecule has 3 atom stereocenters. The van der Waals surface area contributed by atoms with Crippen molar-refractivity contribution in [3.05, 3.63) is 41.2 Å². The lowest BCUT2D eigenvalue weighted by Gasteiger charge is -2.17. The first-order valence-corrected chi connectivity index (χ1v) is 12.0. The molecule has 184 valence electrons. The Morgan fingerprint density at radius 3 is 2.40 bits per heavy atom. The SMILES string of the molecule is Nc1cc(F)c(OC(F)(F)F)c(-c2nc(C3CC3)c3c(C4[C@H]5CNC[C@@H]45)cn(C4CC4)c3c2F)c1. The van der Waals surface area contributed by atoms with E-state index in [-0.39, 0.29) is 23.3 Å². The van der Waals surface area contributed by atoms with E-state index in [1.807, 2.05) is 10.8 Å². The highest BCUT2D eigenvalue weighted by atomic mass is 19.4. The summed E-state index contributed by atoms with van der Waals surface area (Å²) in [7, 11) is 0. The van der Waals surface area contributed by atoms with Crippen molar-refractivity contribution in [1.82, 2.24) is 14.9 Å². The minimum absolute atomic E-state index is 0.0975. The molecule has 4 fully saturated rings. The van der Waals surface area contributed by atoms with Crippen molar-refractivity contribution in [3.63, 3.8) is 0 Å². The monoisotopic (exact) mass is 490 g/mol. The van der Waals surface area contributed by atoms with Crippen molar-refractivity contribution in [2.75, 3.05) is 18.8 Å². The van der Waals surface area contributed by atoms with E-state index in [2.05, 4.69) is 15.0 Å². The number of nitrogens with two attached hydrogens (primary N) is 1. The summed E-state index contributed by atoms with van der Waals surface area (Å²) < 4.78 is 76.3. The summed E-state index contributed by atoms with van der Waals surface area (Å²) in [6.07, 6.45) is 0.444. The standard InChI is InChI=1S/C25H23F5N4O/c26-17-6-11(31)5-13(24(17)35-25(28,29)30)22-20(27)23-19(21(33-22)10-1-2-10)16(9-34(23)12-3-4-12)18-14-7-32-8-15(14)18/h5-6,9-10,12,14-15,18,32H,1-4,7-8,31H2/t14-,15+,18?. The normalized spacial score (nSPS) is 25.8. The number of pyridine rings is 1. The van der Waals surface area contributed by atoms with Gasteiger partial charge in [0, 0.05) is 35.3 Å². The molecule has 10 heteroatoms. The van der Waals surface area contributed by atoms with Gasteiger partial charge in [0.1, 0.15) is 5.69 Å². The lowest BCUT2D eigenvalue weighted by molar-refractivity contribution is -0.275. The number of fused-ring (bicyclic) bond motifs is 2. The maximum Gasteiger partial charge on any atom is 0.573 e. The van der Waals surface area contributed by atoms with E-state index >= 15 is 4.39 Å². The smallest absolute Gasteiger partial charge is 0.402 e. The van der Waals surface area contributed by atoms with Crippen LogP contribution >= 0.6 is 0 Å². The number of piperidine rings is 1. The summed E-state index contributed by atoms with van der Waals surface area (Å²) >= 11 is 0. The summed E-state index contributed by atoms with van der Waals surface area (Å²) in [4.78, 5) is 4.59. The van der Waals surface area contributed by atoms with Crippen LogP contribution in [0.5, 0.6) is 5.75 Å². The van der Waals surface area contributed by atoms with Gasteiger partial charge in [0.2, 0.25) is 0 Å². The molecule has 0 bridgehead atoms. The molecule has 5 nitrogen and oxygen atoms in total. The molecule has 1 saturated heterocycles. The lowest BCUT2D eigenvalue weighted by Crippen LogP contribution is -2.19. The minimum atomic E-state index is -5.16. The van der Waals surface area contributed by atoms with Crippen LogP contribution in [-0.4, -0.2) is 29.0 Å². The molecule has 0 radical (unpaired) electrons. The van der Waals surface area contributed by atoms with Crippen LogP contribution in [0.25, 0.3) is 22.2 Å². The van der Waals surface area contributed by atoms with Crippen molar-refractivity contribution >= 4 is 16.6 Å². The van der Waals surface area contributed by atoms with Crippen molar-refractivity contribution in [1.29, 1.82) is 0 Å². The Balaban J connectivity index is 1.49. The molecule has 1 aromatic carbocycles. The van der Waals surface area contributed by atoms with Crippen molar-refractivity contribution in [3.8, 4) is 17.0 Å². The number of nitrogens with zero attached hydrogens (tertiary/aromatic N) is 2. The first-order valence-electron chi connectivity index (χ1n) is 12.0. The third-order valence-electron chi connectivity index (χ3n) is 7.86. The Labute approximate surface area is 197 Å². The largest absolute Gasteiger partial charge is 0.573 e. The fourth-order valence-corrected chi connectivity index (χ4v) is 5.99. The molecule has 0 amide bonds. The fraction of sp³-hybridized carbons (Fsp3) is 0.480.